The summed E-state index contributed by atoms with van der Waals surface area (Å²) in [6.45, 7) is 4.03. The number of unbranched alkanes of at least 4 members (excludes halogenated alkanes) is 1. The Bertz CT molecular complexity index is 500. The molecule has 1 aromatic carbocycles. The van der Waals surface area contributed by atoms with Crippen LogP contribution in [0.3, 0.4) is 0 Å². The van der Waals surface area contributed by atoms with E-state index in [1.807, 2.05) is 12.1 Å². The van der Waals surface area contributed by atoms with Crippen molar-refractivity contribution in [3.63, 3.8) is 0 Å². The van der Waals surface area contributed by atoms with Crippen molar-refractivity contribution >= 4 is 11.8 Å². The van der Waals surface area contributed by atoms with Gasteiger partial charge in [0.15, 0.2) is 0 Å². The van der Waals surface area contributed by atoms with Gasteiger partial charge in [-0.2, -0.15) is 0 Å². The fourth-order valence-corrected chi connectivity index (χ4v) is 3.23. The number of rotatable bonds is 5. The molecule has 0 atom stereocenters. The zero-order chi connectivity index (χ0) is 14.7. The molecule has 2 heterocycles. The highest BCUT2D eigenvalue weighted by molar-refractivity contribution is 6.21. The predicted octanol–water partition coefficient (Wildman–Crippen LogP) is 2.55. The monoisotopic (exact) mass is 286 g/mol. The summed E-state index contributed by atoms with van der Waals surface area (Å²) in [5.74, 6) is -0.262. The van der Waals surface area contributed by atoms with Gasteiger partial charge < -0.3 is 4.90 Å². The Balaban J connectivity index is 1.48. The highest BCUT2D eigenvalue weighted by Crippen LogP contribution is 2.22. The quantitative estimate of drug-likeness (QED) is 0.617. The zero-order valence-electron chi connectivity index (χ0n) is 12.4. The molecule has 21 heavy (non-hydrogen) atoms. The van der Waals surface area contributed by atoms with Crippen LogP contribution in [0.1, 0.15) is 52.8 Å². The molecule has 1 saturated heterocycles. The Morgan fingerprint density at radius 3 is 2.00 bits per heavy atom. The van der Waals surface area contributed by atoms with E-state index in [9.17, 15) is 9.59 Å². The third-order valence-corrected chi connectivity index (χ3v) is 4.43. The Hall–Kier alpha value is -1.68. The van der Waals surface area contributed by atoms with Crippen LogP contribution in [0.25, 0.3) is 0 Å². The van der Waals surface area contributed by atoms with Crippen LogP contribution in [0.4, 0.5) is 0 Å². The molecule has 1 fully saturated rings. The van der Waals surface area contributed by atoms with Gasteiger partial charge >= 0.3 is 0 Å². The summed E-state index contributed by atoms with van der Waals surface area (Å²) in [5, 5.41) is 0. The molecule has 1 aromatic rings. The lowest BCUT2D eigenvalue weighted by Gasteiger charge is -2.26. The molecule has 3 rings (SSSR count). The summed E-state index contributed by atoms with van der Waals surface area (Å²) >= 11 is 0. The van der Waals surface area contributed by atoms with Crippen molar-refractivity contribution in [2.75, 3.05) is 26.2 Å². The predicted molar refractivity (Wildman–Crippen MR) is 81.3 cm³/mol. The van der Waals surface area contributed by atoms with Crippen molar-refractivity contribution in [1.82, 2.24) is 9.80 Å². The van der Waals surface area contributed by atoms with Crippen LogP contribution in [0.15, 0.2) is 24.3 Å². The van der Waals surface area contributed by atoms with Gasteiger partial charge in [-0.15, -0.1) is 0 Å². The minimum atomic E-state index is -0.131. The maximum Gasteiger partial charge on any atom is 0.261 e. The van der Waals surface area contributed by atoms with E-state index < -0.39 is 0 Å². The largest absolute Gasteiger partial charge is 0.303 e. The second kappa shape index (κ2) is 6.39. The lowest BCUT2D eigenvalue weighted by Crippen LogP contribution is -2.33. The van der Waals surface area contributed by atoms with Crippen molar-refractivity contribution < 1.29 is 9.59 Å². The smallest absolute Gasteiger partial charge is 0.261 e. The molecule has 4 heteroatoms. The molecule has 2 amide bonds. The first-order valence-electron chi connectivity index (χ1n) is 7.95. The zero-order valence-corrected chi connectivity index (χ0v) is 12.4. The maximum atomic E-state index is 12.2. The van der Waals surface area contributed by atoms with Crippen molar-refractivity contribution in [2.24, 2.45) is 0 Å². The van der Waals surface area contributed by atoms with Gasteiger partial charge in [0.05, 0.1) is 11.1 Å². The van der Waals surface area contributed by atoms with Gasteiger partial charge in [0.25, 0.3) is 11.8 Å². The number of fused-ring (bicyclic) bond motifs is 1. The molecule has 0 N–H and O–H groups in total. The molecule has 0 bridgehead atoms. The number of amides is 2. The third-order valence-electron chi connectivity index (χ3n) is 4.43. The van der Waals surface area contributed by atoms with Gasteiger partial charge in [0, 0.05) is 6.54 Å². The highest BCUT2D eigenvalue weighted by Gasteiger charge is 2.34. The van der Waals surface area contributed by atoms with Crippen molar-refractivity contribution in [3.05, 3.63) is 35.4 Å². The minimum absolute atomic E-state index is 0.131. The fourth-order valence-electron chi connectivity index (χ4n) is 3.23. The first-order chi connectivity index (χ1) is 10.3. The molecular formula is C17H22N2O2. The standard InChI is InChI=1S/C17H22N2O2/c20-16-14-8-2-3-9-15(14)17(21)19(16)13-7-6-12-18-10-4-1-5-11-18/h2-3,8-9H,1,4-7,10-13H2. The molecule has 0 unspecified atom stereocenters. The van der Waals surface area contributed by atoms with Crippen LogP contribution in [0.2, 0.25) is 0 Å². The van der Waals surface area contributed by atoms with Gasteiger partial charge in [-0.3, -0.25) is 14.5 Å². The molecule has 0 spiro atoms. The summed E-state index contributed by atoms with van der Waals surface area (Å²) in [7, 11) is 0. The maximum absolute atomic E-state index is 12.2. The molecule has 0 aromatic heterocycles. The molecule has 2 aliphatic heterocycles. The molecule has 2 aliphatic rings. The summed E-state index contributed by atoms with van der Waals surface area (Å²) in [6.07, 6.45) is 5.90. The SMILES string of the molecule is O=C1c2ccccc2C(=O)N1CCCCN1CCCCC1. The van der Waals surface area contributed by atoms with Crippen LogP contribution < -0.4 is 0 Å². The summed E-state index contributed by atoms with van der Waals surface area (Å²) in [4.78, 5) is 28.3. The van der Waals surface area contributed by atoms with Gasteiger partial charge in [0.1, 0.15) is 0 Å². The molecule has 0 aliphatic carbocycles. The lowest BCUT2D eigenvalue weighted by molar-refractivity contribution is 0.0650. The van der Waals surface area contributed by atoms with Gasteiger partial charge in [-0.1, -0.05) is 18.6 Å². The second-order valence-electron chi connectivity index (χ2n) is 5.92. The minimum Gasteiger partial charge on any atom is -0.303 e. The van der Waals surface area contributed by atoms with Crippen molar-refractivity contribution in [3.8, 4) is 0 Å². The summed E-state index contributed by atoms with van der Waals surface area (Å²) in [5.41, 5.74) is 1.11. The first-order valence-corrected chi connectivity index (χ1v) is 7.95. The number of hydrogen-bond donors (Lipinski definition) is 0. The lowest BCUT2D eigenvalue weighted by atomic mass is 10.1. The van der Waals surface area contributed by atoms with Crippen LogP contribution in [-0.2, 0) is 0 Å². The van der Waals surface area contributed by atoms with E-state index in [0.717, 1.165) is 19.4 Å². The molecule has 4 nitrogen and oxygen atoms in total. The Kier molecular flexibility index (Phi) is 4.34. The fraction of sp³-hybridized carbons (Fsp3) is 0.529. The number of imide groups is 1. The summed E-state index contributed by atoms with van der Waals surface area (Å²) in [6, 6.07) is 7.10. The van der Waals surface area contributed by atoms with Crippen molar-refractivity contribution in [2.45, 2.75) is 32.1 Å². The van der Waals surface area contributed by atoms with E-state index in [1.54, 1.807) is 12.1 Å². The Morgan fingerprint density at radius 1 is 0.810 bits per heavy atom. The van der Waals surface area contributed by atoms with Crippen LogP contribution >= 0.6 is 0 Å². The third kappa shape index (κ3) is 3.00. The van der Waals surface area contributed by atoms with E-state index in [2.05, 4.69) is 4.90 Å². The number of carbonyl (C=O) groups excluding carboxylic acids is 2. The molecule has 0 radical (unpaired) electrons. The number of nitrogens with zero attached hydrogens (tertiary/aromatic N) is 2. The van der Waals surface area contributed by atoms with Gasteiger partial charge in [-0.25, -0.2) is 0 Å². The topological polar surface area (TPSA) is 40.6 Å². The van der Waals surface area contributed by atoms with Crippen LogP contribution in [0.5, 0.6) is 0 Å². The summed E-state index contributed by atoms with van der Waals surface area (Å²) < 4.78 is 0. The Morgan fingerprint density at radius 2 is 1.38 bits per heavy atom. The van der Waals surface area contributed by atoms with E-state index in [4.69, 9.17) is 0 Å². The highest BCUT2D eigenvalue weighted by atomic mass is 16.2. The van der Waals surface area contributed by atoms with E-state index in [-0.39, 0.29) is 11.8 Å². The van der Waals surface area contributed by atoms with Crippen LogP contribution in [-0.4, -0.2) is 47.8 Å². The van der Waals surface area contributed by atoms with E-state index >= 15 is 0 Å². The molecule has 112 valence electrons. The normalized spacial score (nSPS) is 19.1. The average molecular weight is 286 g/mol. The second-order valence-corrected chi connectivity index (χ2v) is 5.92. The van der Waals surface area contributed by atoms with Gasteiger partial charge in [-0.05, 0) is 57.5 Å². The number of likely N-dealkylation sites (tertiary alicyclic amines) is 1. The number of hydrogen-bond acceptors (Lipinski definition) is 3. The average Bonchev–Trinajstić information content (AvgIpc) is 2.77. The number of benzene rings is 1. The van der Waals surface area contributed by atoms with E-state index in [1.165, 1.54) is 37.3 Å². The number of carbonyl (C=O) groups is 2. The molecule has 0 saturated carbocycles. The number of piperidine rings is 1. The van der Waals surface area contributed by atoms with E-state index in [0.29, 0.717) is 17.7 Å². The first kappa shape index (κ1) is 14.3. The van der Waals surface area contributed by atoms with Gasteiger partial charge in [0.2, 0.25) is 0 Å². The Labute approximate surface area is 125 Å². The van der Waals surface area contributed by atoms with Crippen molar-refractivity contribution in [1.29, 1.82) is 0 Å². The molecular weight excluding hydrogens is 264 g/mol. The van der Waals surface area contributed by atoms with Crippen LogP contribution in [0, 0.1) is 0 Å².